The molecule has 6 nitrogen and oxygen atoms in total. The zero-order chi connectivity index (χ0) is 19.1. The van der Waals surface area contributed by atoms with Crippen LogP contribution in [0.4, 0.5) is 11.5 Å². The maximum absolute atomic E-state index is 12.7. The van der Waals surface area contributed by atoms with Crippen LogP contribution in [0.1, 0.15) is 45.8 Å². The van der Waals surface area contributed by atoms with Gasteiger partial charge in [-0.15, -0.1) is 5.10 Å². The Hall–Kier alpha value is -2.73. The molecule has 1 aromatic carbocycles. The molecule has 7 heteroatoms. The first-order chi connectivity index (χ1) is 12.9. The maximum atomic E-state index is 12.7. The van der Waals surface area contributed by atoms with Crippen molar-refractivity contribution in [1.82, 2.24) is 19.7 Å². The number of aromatic nitrogens is 4. The summed E-state index contributed by atoms with van der Waals surface area (Å²) in [4.78, 5) is 21.7. The molecule has 0 spiro atoms. The molecule has 0 saturated heterocycles. The Morgan fingerprint density at radius 2 is 1.85 bits per heavy atom. The van der Waals surface area contributed by atoms with Crippen LogP contribution in [-0.2, 0) is 6.42 Å². The number of aryl methyl sites for hydroxylation is 2. The molecular weight excluding hydrogens is 362 g/mol. The lowest BCUT2D eigenvalue weighted by Crippen LogP contribution is -2.15. The second-order valence-corrected chi connectivity index (χ2v) is 7.25. The van der Waals surface area contributed by atoms with Crippen LogP contribution < -0.4 is 5.32 Å². The highest BCUT2D eigenvalue weighted by Gasteiger charge is 2.29. The van der Waals surface area contributed by atoms with Gasteiger partial charge in [0.2, 0.25) is 0 Å². The topological polar surface area (TPSA) is 72.7 Å². The Balaban J connectivity index is 1.86. The largest absolute Gasteiger partial charge is 0.338 e. The maximum Gasteiger partial charge on any atom is 0.251 e. The van der Waals surface area contributed by atoms with Gasteiger partial charge in [-0.1, -0.05) is 17.7 Å². The molecule has 3 aromatic rings. The van der Waals surface area contributed by atoms with E-state index in [1.807, 2.05) is 45.0 Å². The first-order valence-electron chi connectivity index (χ1n) is 8.94. The number of benzene rings is 1. The molecule has 0 unspecified atom stereocenters. The van der Waals surface area contributed by atoms with Crippen molar-refractivity contribution >= 4 is 28.9 Å². The van der Waals surface area contributed by atoms with E-state index in [4.69, 9.17) is 11.6 Å². The highest BCUT2D eigenvalue weighted by molar-refractivity contribution is 6.31. The first-order valence-corrected chi connectivity index (χ1v) is 9.31. The van der Waals surface area contributed by atoms with Gasteiger partial charge < -0.3 is 5.32 Å². The van der Waals surface area contributed by atoms with Gasteiger partial charge in [-0.25, -0.2) is 14.6 Å². The quantitative estimate of drug-likeness (QED) is 0.722. The number of carbonyl (C=O) groups excluding carboxylic acids is 1. The van der Waals surface area contributed by atoms with Crippen molar-refractivity contribution < 1.29 is 4.79 Å². The van der Waals surface area contributed by atoms with Crippen LogP contribution in [0.5, 0.6) is 0 Å². The fraction of sp³-hybridized carbons (Fsp3) is 0.300. The van der Waals surface area contributed by atoms with Gasteiger partial charge in [0, 0.05) is 28.5 Å². The third-order valence-corrected chi connectivity index (χ3v) is 5.17. The summed E-state index contributed by atoms with van der Waals surface area (Å²) < 4.78 is 1.70. The Bertz CT molecular complexity index is 1040. The minimum absolute atomic E-state index is 0.0917. The van der Waals surface area contributed by atoms with Crippen molar-refractivity contribution in [2.45, 2.75) is 40.0 Å². The number of hydrogen-bond acceptors (Lipinski definition) is 5. The van der Waals surface area contributed by atoms with Crippen molar-refractivity contribution in [3.63, 3.8) is 0 Å². The summed E-state index contributed by atoms with van der Waals surface area (Å²) in [5, 5.41) is 8.64. The summed E-state index contributed by atoms with van der Waals surface area (Å²) >= 11 is 6.24. The molecule has 0 amide bonds. The summed E-state index contributed by atoms with van der Waals surface area (Å²) in [6, 6.07) is 7.55. The molecule has 1 aliphatic rings. The highest BCUT2D eigenvalue weighted by atomic mass is 35.5. The number of hydrogen-bond donors (Lipinski definition) is 1. The summed E-state index contributed by atoms with van der Waals surface area (Å²) in [6.07, 6.45) is 2.09. The lowest BCUT2D eigenvalue weighted by atomic mass is 9.96. The molecule has 0 atom stereocenters. The predicted molar refractivity (Wildman–Crippen MR) is 105 cm³/mol. The highest BCUT2D eigenvalue weighted by Crippen LogP contribution is 2.33. The minimum Gasteiger partial charge on any atom is -0.338 e. The Labute approximate surface area is 162 Å². The van der Waals surface area contributed by atoms with Gasteiger partial charge in [0.15, 0.2) is 11.6 Å². The third kappa shape index (κ3) is 3.21. The number of ketones is 1. The van der Waals surface area contributed by atoms with Gasteiger partial charge in [-0.2, -0.15) is 0 Å². The third-order valence-electron chi connectivity index (χ3n) is 4.76. The molecule has 0 radical (unpaired) electrons. The fourth-order valence-electron chi connectivity index (χ4n) is 3.44. The smallest absolute Gasteiger partial charge is 0.251 e. The van der Waals surface area contributed by atoms with E-state index in [2.05, 4.69) is 20.4 Å². The minimum atomic E-state index is 0.0917. The Morgan fingerprint density at radius 1 is 1.11 bits per heavy atom. The van der Waals surface area contributed by atoms with Crippen LogP contribution in [0.25, 0.3) is 5.95 Å². The molecule has 2 heterocycles. The van der Waals surface area contributed by atoms with Crippen LogP contribution in [0.3, 0.4) is 0 Å². The normalized spacial score (nSPS) is 13.6. The lowest BCUT2D eigenvalue weighted by molar-refractivity contribution is 0.0973. The SMILES string of the molecule is Cc1cc(C)nc(-n2nc(Nc3cccc(Cl)c3C)c3c2CCCC3=O)n1. The number of halogens is 1. The summed E-state index contributed by atoms with van der Waals surface area (Å²) in [5.74, 6) is 1.12. The van der Waals surface area contributed by atoms with Gasteiger partial charge >= 0.3 is 0 Å². The van der Waals surface area contributed by atoms with Gasteiger partial charge in [0.05, 0.1) is 11.3 Å². The summed E-state index contributed by atoms with van der Waals surface area (Å²) in [7, 11) is 0. The molecule has 2 aromatic heterocycles. The number of rotatable bonds is 3. The van der Waals surface area contributed by atoms with E-state index in [1.165, 1.54) is 0 Å². The van der Waals surface area contributed by atoms with Crippen molar-refractivity contribution in [1.29, 1.82) is 0 Å². The van der Waals surface area contributed by atoms with Crippen molar-refractivity contribution in [3.05, 3.63) is 57.5 Å². The van der Waals surface area contributed by atoms with Gasteiger partial charge in [0.1, 0.15) is 0 Å². The molecule has 0 saturated carbocycles. The fourth-order valence-corrected chi connectivity index (χ4v) is 3.62. The number of nitrogens with zero attached hydrogens (tertiary/aromatic N) is 4. The molecule has 0 fully saturated rings. The van der Waals surface area contributed by atoms with E-state index in [1.54, 1.807) is 4.68 Å². The van der Waals surface area contributed by atoms with Crippen molar-refractivity contribution in [2.75, 3.05) is 5.32 Å². The van der Waals surface area contributed by atoms with Gasteiger partial charge in [-0.3, -0.25) is 4.79 Å². The van der Waals surface area contributed by atoms with Crippen molar-refractivity contribution in [3.8, 4) is 5.95 Å². The zero-order valence-electron chi connectivity index (χ0n) is 15.5. The number of Topliss-reactive ketones (excluding diaryl/α,β-unsaturated/α-hetero) is 1. The Kier molecular flexibility index (Phi) is 4.44. The van der Waals surface area contributed by atoms with Crippen molar-refractivity contribution in [2.24, 2.45) is 0 Å². The number of nitrogens with one attached hydrogen (secondary N) is 1. The summed E-state index contributed by atoms with van der Waals surface area (Å²) in [5.41, 5.74) is 4.96. The average molecular weight is 382 g/mol. The van der Waals surface area contributed by atoms with E-state index in [9.17, 15) is 4.79 Å². The van der Waals surface area contributed by atoms with E-state index in [0.29, 0.717) is 28.8 Å². The van der Waals surface area contributed by atoms with Gasteiger partial charge in [0.25, 0.3) is 5.95 Å². The van der Waals surface area contributed by atoms with E-state index >= 15 is 0 Å². The number of anilines is 2. The van der Waals surface area contributed by atoms with Crippen LogP contribution >= 0.6 is 11.6 Å². The van der Waals surface area contributed by atoms with Crippen LogP contribution in [0, 0.1) is 20.8 Å². The van der Waals surface area contributed by atoms with Gasteiger partial charge in [-0.05, 0) is 57.4 Å². The molecule has 1 N–H and O–H groups in total. The van der Waals surface area contributed by atoms with E-state index < -0.39 is 0 Å². The molecule has 27 heavy (non-hydrogen) atoms. The second-order valence-electron chi connectivity index (χ2n) is 6.85. The van der Waals surface area contributed by atoms with Crippen LogP contribution in [-0.4, -0.2) is 25.5 Å². The van der Waals surface area contributed by atoms with Crippen LogP contribution in [0.2, 0.25) is 5.02 Å². The molecule has 0 bridgehead atoms. The number of carbonyl (C=O) groups is 1. The monoisotopic (exact) mass is 381 g/mol. The molecule has 0 aliphatic heterocycles. The molecule has 4 rings (SSSR count). The predicted octanol–water partition coefficient (Wildman–Crippen LogP) is 4.50. The van der Waals surface area contributed by atoms with E-state index in [0.717, 1.165) is 41.2 Å². The zero-order valence-corrected chi connectivity index (χ0v) is 16.3. The lowest BCUT2D eigenvalue weighted by Gasteiger charge is -2.14. The number of fused-ring (bicyclic) bond motifs is 1. The Morgan fingerprint density at radius 3 is 2.59 bits per heavy atom. The van der Waals surface area contributed by atoms with E-state index in [-0.39, 0.29) is 5.78 Å². The average Bonchev–Trinajstić information content (AvgIpc) is 2.98. The van der Waals surface area contributed by atoms with Crippen LogP contribution in [0.15, 0.2) is 24.3 Å². The molecule has 138 valence electrons. The first kappa shape index (κ1) is 17.7. The summed E-state index contributed by atoms with van der Waals surface area (Å²) in [6.45, 7) is 5.78. The standard InChI is InChI=1S/C20H20ClN5O/c1-11-10-12(2)23-20(22-11)26-16-8-5-9-17(27)18(16)19(25-26)24-15-7-4-6-14(21)13(15)3/h4,6-7,10H,5,8-9H2,1-3H3,(H,24,25). The molecular formula is C20H20ClN5O. The second kappa shape index (κ2) is 6.78. The molecule has 1 aliphatic carbocycles.